The summed E-state index contributed by atoms with van der Waals surface area (Å²) in [7, 11) is 0. The maximum Gasteiger partial charge on any atom is 0.307 e. The molecular weight excluding hydrogens is 316 g/mol. The summed E-state index contributed by atoms with van der Waals surface area (Å²) < 4.78 is 9.85. The van der Waals surface area contributed by atoms with Gasteiger partial charge in [0.1, 0.15) is 6.61 Å². The summed E-state index contributed by atoms with van der Waals surface area (Å²) in [6, 6.07) is 0. The SMILES string of the molecule is C/C=C/COC(=O)CCC(=O)OCC#CCCCCCCCCCC. The highest BCUT2D eigenvalue weighted by molar-refractivity contribution is 5.77. The zero-order valence-corrected chi connectivity index (χ0v) is 16.0. The van der Waals surface area contributed by atoms with Gasteiger partial charge >= 0.3 is 11.9 Å². The molecule has 0 aromatic heterocycles. The molecule has 0 bridgehead atoms. The molecule has 0 radical (unpaired) electrons. The average molecular weight is 350 g/mol. The maximum absolute atomic E-state index is 11.4. The molecule has 4 heteroatoms. The van der Waals surface area contributed by atoms with Crippen LogP contribution < -0.4 is 0 Å². The van der Waals surface area contributed by atoms with Crippen molar-refractivity contribution in [2.24, 2.45) is 0 Å². The number of carbonyl (C=O) groups excluding carboxylic acids is 2. The van der Waals surface area contributed by atoms with Crippen LogP contribution in [-0.4, -0.2) is 25.2 Å². The largest absolute Gasteiger partial charge is 0.461 e. The van der Waals surface area contributed by atoms with Crippen LogP contribution in [0.25, 0.3) is 0 Å². The number of esters is 2. The van der Waals surface area contributed by atoms with Crippen LogP contribution in [0.2, 0.25) is 0 Å². The molecule has 0 aliphatic rings. The number of allylic oxidation sites excluding steroid dienone is 1. The maximum atomic E-state index is 11.4. The molecule has 0 amide bonds. The molecule has 4 nitrogen and oxygen atoms in total. The van der Waals surface area contributed by atoms with Gasteiger partial charge < -0.3 is 9.47 Å². The van der Waals surface area contributed by atoms with E-state index in [1.807, 2.05) is 6.92 Å². The van der Waals surface area contributed by atoms with Crippen LogP contribution in [0, 0.1) is 11.8 Å². The van der Waals surface area contributed by atoms with E-state index in [1.54, 1.807) is 12.2 Å². The fraction of sp³-hybridized carbons (Fsp3) is 0.714. The van der Waals surface area contributed by atoms with Gasteiger partial charge in [-0.15, -0.1) is 0 Å². The van der Waals surface area contributed by atoms with Gasteiger partial charge in [-0.2, -0.15) is 0 Å². The molecular formula is C21H34O4. The quantitative estimate of drug-likeness (QED) is 0.192. The first-order valence-corrected chi connectivity index (χ1v) is 9.58. The first-order valence-electron chi connectivity index (χ1n) is 9.58. The van der Waals surface area contributed by atoms with E-state index in [-0.39, 0.29) is 26.1 Å². The molecule has 0 rings (SSSR count). The van der Waals surface area contributed by atoms with Gasteiger partial charge in [0, 0.05) is 6.42 Å². The summed E-state index contributed by atoms with van der Waals surface area (Å²) in [5.74, 6) is 5.07. The highest BCUT2D eigenvalue weighted by atomic mass is 16.5. The van der Waals surface area contributed by atoms with Gasteiger partial charge in [-0.25, -0.2) is 0 Å². The molecule has 0 N–H and O–H groups in total. The summed E-state index contributed by atoms with van der Waals surface area (Å²) in [5, 5.41) is 0. The molecule has 0 heterocycles. The van der Waals surface area contributed by atoms with Gasteiger partial charge in [0.25, 0.3) is 0 Å². The van der Waals surface area contributed by atoms with E-state index in [1.165, 1.54) is 44.9 Å². The van der Waals surface area contributed by atoms with E-state index in [9.17, 15) is 9.59 Å². The van der Waals surface area contributed by atoms with Crippen LogP contribution in [0.5, 0.6) is 0 Å². The molecule has 0 spiro atoms. The normalized spacial score (nSPS) is 10.3. The van der Waals surface area contributed by atoms with Crippen LogP contribution >= 0.6 is 0 Å². The van der Waals surface area contributed by atoms with E-state index in [0.29, 0.717) is 0 Å². The fourth-order valence-electron chi connectivity index (χ4n) is 2.19. The zero-order valence-electron chi connectivity index (χ0n) is 16.0. The molecule has 0 aliphatic carbocycles. The van der Waals surface area contributed by atoms with Gasteiger partial charge in [-0.3, -0.25) is 9.59 Å². The molecule has 142 valence electrons. The molecule has 0 aliphatic heterocycles. The van der Waals surface area contributed by atoms with Crippen LogP contribution in [0.1, 0.15) is 84.5 Å². The number of hydrogen-bond acceptors (Lipinski definition) is 4. The van der Waals surface area contributed by atoms with E-state index in [4.69, 9.17) is 9.47 Å². The lowest BCUT2D eigenvalue weighted by Crippen LogP contribution is -2.10. The second-order valence-corrected chi connectivity index (χ2v) is 5.99. The number of carbonyl (C=O) groups is 2. The molecule has 0 aromatic rings. The van der Waals surface area contributed by atoms with E-state index >= 15 is 0 Å². The van der Waals surface area contributed by atoms with Crippen LogP contribution in [0.15, 0.2) is 12.2 Å². The van der Waals surface area contributed by atoms with Crippen LogP contribution in [0.4, 0.5) is 0 Å². The van der Waals surface area contributed by atoms with Crippen molar-refractivity contribution in [3.8, 4) is 11.8 Å². The monoisotopic (exact) mass is 350 g/mol. The van der Waals surface area contributed by atoms with Crippen molar-refractivity contribution in [2.45, 2.75) is 84.5 Å². The summed E-state index contributed by atoms with van der Waals surface area (Å²) in [6.07, 6.45) is 14.7. The van der Waals surface area contributed by atoms with Crippen LogP contribution in [-0.2, 0) is 19.1 Å². The summed E-state index contributed by atoms with van der Waals surface area (Å²) >= 11 is 0. The Hall–Kier alpha value is -1.76. The third kappa shape index (κ3) is 18.4. The molecule has 0 saturated carbocycles. The van der Waals surface area contributed by atoms with Crippen molar-refractivity contribution in [1.29, 1.82) is 0 Å². The standard InChI is InChI=1S/C21H34O4/c1-3-5-7-8-9-10-11-12-13-14-15-19-25-21(23)17-16-20(22)24-18-6-4-2/h4,6H,3,5,7-13,16-19H2,1-2H3/b6-4+. The lowest BCUT2D eigenvalue weighted by atomic mass is 10.1. The molecule has 0 unspecified atom stereocenters. The minimum atomic E-state index is -0.413. The third-order valence-electron chi connectivity index (χ3n) is 3.70. The Morgan fingerprint density at radius 1 is 0.840 bits per heavy atom. The average Bonchev–Trinajstić information content (AvgIpc) is 2.61. The molecule has 0 fully saturated rings. The number of hydrogen-bond donors (Lipinski definition) is 0. The summed E-state index contributed by atoms with van der Waals surface area (Å²) in [6.45, 7) is 4.43. The van der Waals surface area contributed by atoms with Gasteiger partial charge in [0.15, 0.2) is 6.61 Å². The number of rotatable bonds is 14. The second-order valence-electron chi connectivity index (χ2n) is 5.99. The van der Waals surface area contributed by atoms with E-state index in [0.717, 1.165) is 12.8 Å². The van der Waals surface area contributed by atoms with Crippen molar-refractivity contribution in [2.75, 3.05) is 13.2 Å². The van der Waals surface area contributed by atoms with Gasteiger partial charge in [0.05, 0.1) is 12.8 Å². The Kier molecular flexibility index (Phi) is 17.3. The minimum absolute atomic E-state index is 0.0361. The Labute approximate surface area is 153 Å². The highest BCUT2D eigenvalue weighted by Gasteiger charge is 2.07. The van der Waals surface area contributed by atoms with E-state index in [2.05, 4.69) is 18.8 Å². The lowest BCUT2D eigenvalue weighted by molar-refractivity contribution is -0.148. The third-order valence-corrected chi connectivity index (χ3v) is 3.70. The zero-order chi connectivity index (χ0) is 18.6. The van der Waals surface area contributed by atoms with Gasteiger partial charge in [0.2, 0.25) is 0 Å². The molecule has 0 atom stereocenters. The second kappa shape index (κ2) is 18.6. The highest BCUT2D eigenvalue weighted by Crippen LogP contribution is 2.09. The van der Waals surface area contributed by atoms with Crippen molar-refractivity contribution < 1.29 is 19.1 Å². The predicted octanol–water partition coefficient (Wildman–Crippen LogP) is 4.96. The smallest absolute Gasteiger partial charge is 0.307 e. The first kappa shape index (κ1) is 23.2. The Morgan fingerprint density at radius 3 is 2.08 bits per heavy atom. The minimum Gasteiger partial charge on any atom is -0.461 e. The van der Waals surface area contributed by atoms with Gasteiger partial charge in [-0.1, -0.05) is 75.9 Å². The van der Waals surface area contributed by atoms with Gasteiger partial charge in [-0.05, 0) is 13.3 Å². The lowest BCUT2D eigenvalue weighted by Gasteiger charge is -2.02. The predicted molar refractivity (Wildman–Crippen MR) is 101 cm³/mol. The molecule has 25 heavy (non-hydrogen) atoms. The van der Waals surface area contributed by atoms with Crippen molar-refractivity contribution in [3.05, 3.63) is 12.2 Å². The number of ether oxygens (including phenoxy) is 2. The van der Waals surface area contributed by atoms with E-state index < -0.39 is 11.9 Å². The Morgan fingerprint density at radius 2 is 1.44 bits per heavy atom. The summed E-state index contributed by atoms with van der Waals surface area (Å²) in [5.41, 5.74) is 0. The topological polar surface area (TPSA) is 52.6 Å². The Bertz CT molecular complexity index is 429. The fourth-order valence-corrected chi connectivity index (χ4v) is 2.19. The first-order chi connectivity index (χ1) is 12.2. The van der Waals surface area contributed by atoms with Crippen LogP contribution in [0.3, 0.4) is 0 Å². The number of unbranched alkanes of at least 4 members (excludes halogenated alkanes) is 8. The van der Waals surface area contributed by atoms with Crippen molar-refractivity contribution in [3.63, 3.8) is 0 Å². The molecule has 0 aromatic carbocycles. The summed E-state index contributed by atoms with van der Waals surface area (Å²) in [4.78, 5) is 22.8. The van der Waals surface area contributed by atoms with Crippen molar-refractivity contribution in [1.82, 2.24) is 0 Å². The molecule has 0 saturated heterocycles. The Balaban J connectivity index is 3.44. The van der Waals surface area contributed by atoms with Crippen molar-refractivity contribution >= 4 is 11.9 Å².